The zero-order valence-corrected chi connectivity index (χ0v) is 20.1. The van der Waals surface area contributed by atoms with Gasteiger partial charge in [-0.1, -0.05) is 62.7 Å². The summed E-state index contributed by atoms with van der Waals surface area (Å²) >= 11 is 0. The Labute approximate surface area is 197 Å². The predicted molar refractivity (Wildman–Crippen MR) is 130 cm³/mol. The van der Waals surface area contributed by atoms with E-state index >= 15 is 0 Å². The van der Waals surface area contributed by atoms with Gasteiger partial charge in [0.1, 0.15) is 11.4 Å². The number of rotatable bonds is 7. The highest BCUT2D eigenvalue weighted by Gasteiger charge is 2.42. The van der Waals surface area contributed by atoms with Gasteiger partial charge in [0.25, 0.3) is 11.8 Å². The summed E-state index contributed by atoms with van der Waals surface area (Å²) in [5.74, 6) is 1.44. The molecule has 1 fully saturated rings. The minimum atomic E-state index is -0.218. The first kappa shape index (κ1) is 23.1. The summed E-state index contributed by atoms with van der Waals surface area (Å²) in [7, 11) is 0. The van der Waals surface area contributed by atoms with E-state index in [2.05, 4.69) is 25.7 Å². The maximum Gasteiger partial charge on any atom is 0.278 e. The molecular formula is C28H34N2O3. The summed E-state index contributed by atoms with van der Waals surface area (Å²) in [5.41, 5.74) is 3.93. The zero-order chi connectivity index (χ0) is 23.5. The van der Waals surface area contributed by atoms with Gasteiger partial charge in [-0.2, -0.15) is 0 Å². The third-order valence-corrected chi connectivity index (χ3v) is 6.43. The normalized spacial score (nSPS) is 17.5. The van der Waals surface area contributed by atoms with Crippen LogP contribution in [-0.2, 0) is 16.1 Å². The Kier molecular flexibility index (Phi) is 6.87. The van der Waals surface area contributed by atoms with Crippen LogP contribution < -0.4 is 4.74 Å². The highest BCUT2D eigenvalue weighted by Crippen LogP contribution is 2.35. The fourth-order valence-corrected chi connectivity index (χ4v) is 4.35. The van der Waals surface area contributed by atoms with Crippen molar-refractivity contribution in [2.24, 2.45) is 11.8 Å². The lowest BCUT2D eigenvalue weighted by Crippen LogP contribution is -2.38. The first-order valence-corrected chi connectivity index (χ1v) is 12.0. The minimum absolute atomic E-state index is 0.190. The molecule has 5 nitrogen and oxygen atoms in total. The van der Waals surface area contributed by atoms with Crippen molar-refractivity contribution in [1.29, 1.82) is 0 Å². The Morgan fingerprint density at radius 1 is 0.939 bits per heavy atom. The smallest absolute Gasteiger partial charge is 0.278 e. The molecule has 0 aliphatic carbocycles. The molecule has 0 atom stereocenters. The topological polar surface area (TPSA) is 49.9 Å². The van der Waals surface area contributed by atoms with Gasteiger partial charge in [0, 0.05) is 13.1 Å². The van der Waals surface area contributed by atoms with E-state index in [9.17, 15) is 9.59 Å². The second kappa shape index (κ2) is 9.82. The van der Waals surface area contributed by atoms with Crippen LogP contribution in [0.1, 0.15) is 50.3 Å². The number of amides is 2. The Bertz CT molecular complexity index is 1030. The number of hydrogen-bond donors (Lipinski definition) is 0. The van der Waals surface area contributed by atoms with E-state index in [-0.39, 0.29) is 18.4 Å². The number of carbonyl (C=O) groups excluding carboxylic acids is 2. The van der Waals surface area contributed by atoms with Crippen LogP contribution in [-0.4, -0.2) is 41.3 Å². The molecule has 174 valence electrons. The van der Waals surface area contributed by atoms with Crippen molar-refractivity contribution in [3.8, 4) is 5.75 Å². The van der Waals surface area contributed by atoms with Crippen LogP contribution in [0.25, 0.3) is 5.57 Å². The molecule has 2 amide bonds. The van der Waals surface area contributed by atoms with E-state index in [1.165, 1.54) is 4.90 Å². The van der Waals surface area contributed by atoms with Crippen molar-refractivity contribution in [1.82, 2.24) is 9.80 Å². The molecule has 2 aliphatic heterocycles. The summed E-state index contributed by atoms with van der Waals surface area (Å²) in [4.78, 5) is 30.7. The summed E-state index contributed by atoms with van der Waals surface area (Å²) in [5, 5.41) is 0. The van der Waals surface area contributed by atoms with E-state index in [1.807, 2.05) is 55.5 Å². The number of ether oxygens (including phenoxy) is 1. The fraction of sp³-hybridized carbons (Fsp3) is 0.429. The molecule has 0 N–H and O–H groups in total. The summed E-state index contributed by atoms with van der Waals surface area (Å²) in [6.07, 6.45) is 2.05. The van der Waals surface area contributed by atoms with Crippen LogP contribution in [0, 0.1) is 18.8 Å². The standard InChI is InChI=1S/C28H34N2O3/c1-19(2)18-33-24-11-9-23(10-12-24)25-26(29-15-13-21(4)14-16-29)28(32)30(27(25)31)17-22-7-5-20(3)6-8-22/h5-12,19,21H,13-18H2,1-4H3. The van der Waals surface area contributed by atoms with Crippen molar-refractivity contribution >= 4 is 17.4 Å². The van der Waals surface area contributed by atoms with Crippen LogP contribution >= 0.6 is 0 Å². The molecular weight excluding hydrogens is 412 g/mol. The third kappa shape index (κ3) is 5.13. The third-order valence-electron chi connectivity index (χ3n) is 6.43. The maximum absolute atomic E-state index is 13.6. The molecule has 2 heterocycles. The monoisotopic (exact) mass is 446 g/mol. The molecule has 0 saturated carbocycles. The summed E-state index contributed by atoms with van der Waals surface area (Å²) in [6.45, 7) is 11.0. The summed E-state index contributed by atoms with van der Waals surface area (Å²) in [6, 6.07) is 15.6. The first-order chi connectivity index (χ1) is 15.8. The van der Waals surface area contributed by atoms with Crippen molar-refractivity contribution in [2.45, 2.75) is 47.1 Å². The SMILES string of the molecule is Cc1ccc(CN2C(=O)C(c3ccc(OCC(C)C)cc3)=C(N3CCC(C)CC3)C2=O)cc1. The number of piperidine rings is 1. The highest BCUT2D eigenvalue weighted by molar-refractivity contribution is 6.35. The molecule has 1 saturated heterocycles. The number of hydrogen-bond acceptors (Lipinski definition) is 4. The number of likely N-dealkylation sites (tertiary alicyclic amines) is 1. The number of aryl methyl sites for hydroxylation is 1. The summed E-state index contributed by atoms with van der Waals surface area (Å²) < 4.78 is 5.81. The van der Waals surface area contributed by atoms with Crippen LogP contribution in [0.4, 0.5) is 0 Å². The second-order valence-electron chi connectivity index (χ2n) is 9.80. The number of benzene rings is 2. The van der Waals surface area contributed by atoms with Crippen LogP contribution in [0.15, 0.2) is 54.2 Å². The van der Waals surface area contributed by atoms with Crippen molar-refractivity contribution < 1.29 is 14.3 Å². The van der Waals surface area contributed by atoms with Gasteiger partial charge in [-0.05, 0) is 54.9 Å². The molecule has 2 aromatic rings. The van der Waals surface area contributed by atoms with E-state index in [0.29, 0.717) is 29.7 Å². The van der Waals surface area contributed by atoms with Gasteiger partial charge in [-0.15, -0.1) is 0 Å². The van der Waals surface area contributed by atoms with Gasteiger partial charge in [-0.3, -0.25) is 14.5 Å². The molecule has 4 rings (SSSR count). The molecule has 2 aliphatic rings. The van der Waals surface area contributed by atoms with Crippen molar-refractivity contribution in [3.63, 3.8) is 0 Å². The Morgan fingerprint density at radius 3 is 2.18 bits per heavy atom. The lowest BCUT2D eigenvalue weighted by molar-refractivity contribution is -0.138. The maximum atomic E-state index is 13.6. The molecule has 33 heavy (non-hydrogen) atoms. The fourth-order valence-electron chi connectivity index (χ4n) is 4.35. The molecule has 0 aromatic heterocycles. The number of imide groups is 1. The van der Waals surface area contributed by atoms with Crippen LogP contribution in [0.5, 0.6) is 5.75 Å². The molecule has 0 unspecified atom stereocenters. The van der Waals surface area contributed by atoms with Crippen molar-refractivity contribution in [3.05, 3.63) is 70.9 Å². The van der Waals surface area contributed by atoms with Gasteiger partial charge >= 0.3 is 0 Å². The molecule has 0 bridgehead atoms. The van der Waals surface area contributed by atoms with Gasteiger partial charge in [-0.25, -0.2) is 0 Å². The Hall–Kier alpha value is -3.08. The van der Waals surface area contributed by atoms with E-state index in [0.717, 1.165) is 48.4 Å². The number of carbonyl (C=O) groups is 2. The largest absolute Gasteiger partial charge is 0.493 e. The highest BCUT2D eigenvalue weighted by atomic mass is 16.5. The van der Waals surface area contributed by atoms with Gasteiger partial charge in [0.2, 0.25) is 0 Å². The minimum Gasteiger partial charge on any atom is -0.493 e. The van der Waals surface area contributed by atoms with Gasteiger partial charge in [0.05, 0.1) is 18.7 Å². The van der Waals surface area contributed by atoms with E-state index in [4.69, 9.17) is 4.74 Å². The molecule has 2 aromatic carbocycles. The lowest BCUT2D eigenvalue weighted by Gasteiger charge is -2.32. The molecule has 5 heteroatoms. The van der Waals surface area contributed by atoms with Gasteiger partial charge in [0.15, 0.2) is 0 Å². The lowest BCUT2D eigenvalue weighted by atomic mass is 9.97. The van der Waals surface area contributed by atoms with Crippen LogP contribution in [0.2, 0.25) is 0 Å². The average molecular weight is 447 g/mol. The second-order valence-corrected chi connectivity index (χ2v) is 9.80. The van der Waals surface area contributed by atoms with Crippen molar-refractivity contribution in [2.75, 3.05) is 19.7 Å². The molecule has 0 radical (unpaired) electrons. The predicted octanol–water partition coefficient (Wildman–Crippen LogP) is 5.04. The molecule has 0 spiro atoms. The zero-order valence-electron chi connectivity index (χ0n) is 20.1. The Balaban J connectivity index is 1.65. The van der Waals surface area contributed by atoms with Gasteiger partial charge < -0.3 is 9.64 Å². The van der Waals surface area contributed by atoms with E-state index < -0.39 is 0 Å². The average Bonchev–Trinajstić information content (AvgIpc) is 3.05. The van der Waals surface area contributed by atoms with E-state index in [1.54, 1.807) is 0 Å². The van der Waals surface area contributed by atoms with Crippen LogP contribution in [0.3, 0.4) is 0 Å². The Morgan fingerprint density at radius 2 is 1.58 bits per heavy atom. The number of nitrogens with zero attached hydrogens (tertiary/aromatic N) is 2. The first-order valence-electron chi connectivity index (χ1n) is 12.0. The quantitative estimate of drug-likeness (QED) is 0.559.